The smallest absolute Gasteiger partial charge is 0.264 e. The summed E-state index contributed by atoms with van der Waals surface area (Å²) in [6.45, 7) is 3.63. The third-order valence-corrected chi connectivity index (χ3v) is 7.89. The van der Waals surface area contributed by atoms with Crippen LogP contribution in [0.4, 0.5) is 5.69 Å². The number of rotatable bonds is 6. The monoisotopic (exact) mass is 448 g/mol. The summed E-state index contributed by atoms with van der Waals surface area (Å²) in [4.78, 5) is 13.3. The molecule has 0 aromatic heterocycles. The standard InChI is InChI=1S/C26H28N2O3S/c1-19-15-16-22(17-20(19)2)28(32(30,31)23-11-4-3-5-12-23)18-26(29)27-25-14-8-10-21-9-6-7-13-24(21)25/h3-7,9,11-13,15-17,25H,8,10,14,18H2,1-2H3,(H,27,29)/t25-/m0/s1. The van der Waals surface area contributed by atoms with E-state index in [2.05, 4.69) is 11.4 Å². The summed E-state index contributed by atoms with van der Waals surface area (Å²) in [5.41, 5.74) is 4.88. The van der Waals surface area contributed by atoms with E-state index in [4.69, 9.17) is 0 Å². The van der Waals surface area contributed by atoms with E-state index in [0.29, 0.717) is 5.69 Å². The number of sulfonamides is 1. The van der Waals surface area contributed by atoms with E-state index in [0.717, 1.165) is 36.0 Å². The Balaban J connectivity index is 1.64. The number of amides is 1. The van der Waals surface area contributed by atoms with Crippen LogP contribution in [0.2, 0.25) is 0 Å². The van der Waals surface area contributed by atoms with Crippen LogP contribution in [0.5, 0.6) is 0 Å². The van der Waals surface area contributed by atoms with Crippen LogP contribution in [0, 0.1) is 13.8 Å². The van der Waals surface area contributed by atoms with E-state index >= 15 is 0 Å². The van der Waals surface area contributed by atoms with E-state index < -0.39 is 10.0 Å². The Morgan fingerprint density at radius 2 is 1.69 bits per heavy atom. The molecule has 1 N–H and O–H groups in total. The van der Waals surface area contributed by atoms with Crippen molar-refractivity contribution in [1.29, 1.82) is 0 Å². The number of nitrogens with one attached hydrogen (secondary N) is 1. The maximum atomic E-state index is 13.5. The lowest BCUT2D eigenvalue weighted by Gasteiger charge is -2.29. The Bertz CT molecular complexity index is 1220. The van der Waals surface area contributed by atoms with Gasteiger partial charge in [-0.1, -0.05) is 48.5 Å². The van der Waals surface area contributed by atoms with Crippen LogP contribution < -0.4 is 9.62 Å². The second-order valence-electron chi connectivity index (χ2n) is 8.30. The molecule has 0 fully saturated rings. The molecule has 6 heteroatoms. The number of nitrogens with zero attached hydrogens (tertiary/aromatic N) is 1. The molecule has 32 heavy (non-hydrogen) atoms. The summed E-state index contributed by atoms with van der Waals surface area (Å²) in [7, 11) is -3.91. The zero-order valence-corrected chi connectivity index (χ0v) is 19.2. The van der Waals surface area contributed by atoms with Crippen LogP contribution in [0.3, 0.4) is 0 Å². The minimum Gasteiger partial charge on any atom is -0.348 e. The quantitative estimate of drug-likeness (QED) is 0.595. The summed E-state index contributed by atoms with van der Waals surface area (Å²) >= 11 is 0. The number of anilines is 1. The SMILES string of the molecule is Cc1ccc(N(CC(=O)N[C@H]2CCCc3ccccc32)S(=O)(=O)c2ccccc2)cc1C. The van der Waals surface area contributed by atoms with Gasteiger partial charge in [0.1, 0.15) is 6.54 Å². The van der Waals surface area contributed by atoms with Crippen molar-refractivity contribution in [3.05, 3.63) is 95.1 Å². The van der Waals surface area contributed by atoms with Gasteiger partial charge in [-0.15, -0.1) is 0 Å². The van der Waals surface area contributed by atoms with Gasteiger partial charge in [-0.25, -0.2) is 8.42 Å². The average Bonchev–Trinajstić information content (AvgIpc) is 2.80. The molecule has 4 rings (SSSR count). The highest BCUT2D eigenvalue weighted by atomic mass is 32.2. The van der Waals surface area contributed by atoms with Crippen LogP contribution in [-0.4, -0.2) is 20.9 Å². The van der Waals surface area contributed by atoms with E-state index in [1.54, 1.807) is 36.4 Å². The largest absolute Gasteiger partial charge is 0.348 e. The molecule has 1 atom stereocenters. The van der Waals surface area contributed by atoms with Crippen LogP contribution in [0.15, 0.2) is 77.7 Å². The van der Waals surface area contributed by atoms with Gasteiger partial charge in [-0.2, -0.15) is 0 Å². The molecule has 3 aromatic carbocycles. The maximum absolute atomic E-state index is 13.5. The second kappa shape index (κ2) is 9.17. The highest BCUT2D eigenvalue weighted by Gasteiger charge is 2.29. The number of benzene rings is 3. The molecule has 3 aromatic rings. The molecule has 0 unspecified atom stereocenters. The molecular formula is C26H28N2O3S. The highest BCUT2D eigenvalue weighted by molar-refractivity contribution is 7.92. The third-order valence-electron chi connectivity index (χ3n) is 6.10. The zero-order valence-electron chi connectivity index (χ0n) is 18.4. The van der Waals surface area contributed by atoms with Gasteiger partial charge < -0.3 is 5.32 Å². The number of fused-ring (bicyclic) bond motifs is 1. The molecule has 1 amide bonds. The van der Waals surface area contributed by atoms with Gasteiger partial charge in [-0.3, -0.25) is 9.10 Å². The van der Waals surface area contributed by atoms with Gasteiger partial charge >= 0.3 is 0 Å². The molecule has 0 saturated carbocycles. The van der Waals surface area contributed by atoms with E-state index in [9.17, 15) is 13.2 Å². The fraction of sp³-hybridized carbons (Fsp3) is 0.269. The Hall–Kier alpha value is -3.12. The van der Waals surface area contributed by atoms with Gasteiger partial charge in [0.15, 0.2) is 0 Å². The van der Waals surface area contributed by atoms with Crippen molar-refractivity contribution in [1.82, 2.24) is 5.32 Å². The van der Waals surface area contributed by atoms with Crippen molar-refractivity contribution in [3.8, 4) is 0 Å². The Morgan fingerprint density at radius 3 is 2.44 bits per heavy atom. The lowest BCUT2D eigenvalue weighted by molar-refractivity contribution is -0.120. The van der Waals surface area contributed by atoms with Crippen LogP contribution in [0.25, 0.3) is 0 Å². The Labute approximate surface area is 190 Å². The first kappa shape index (κ1) is 22.1. The summed E-state index contributed by atoms with van der Waals surface area (Å²) in [5, 5.41) is 3.08. The Morgan fingerprint density at radius 1 is 0.969 bits per heavy atom. The van der Waals surface area contributed by atoms with Crippen molar-refractivity contribution >= 4 is 21.6 Å². The van der Waals surface area contributed by atoms with Crippen molar-refractivity contribution < 1.29 is 13.2 Å². The third kappa shape index (κ3) is 4.55. The first-order valence-corrected chi connectivity index (χ1v) is 12.3. The maximum Gasteiger partial charge on any atom is 0.264 e. The molecule has 0 aliphatic heterocycles. The number of carbonyl (C=O) groups is 1. The molecule has 1 aliphatic carbocycles. The van der Waals surface area contributed by atoms with Gasteiger partial charge in [0, 0.05) is 0 Å². The van der Waals surface area contributed by atoms with Gasteiger partial charge in [0.2, 0.25) is 5.91 Å². The number of aryl methyl sites for hydroxylation is 3. The lowest BCUT2D eigenvalue weighted by atomic mass is 9.88. The van der Waals surface area contributed by atoms with Crippen molar-refractivity contribution in [3.63, 3.8) is 0 Å². The molecule has 0 radical (unpaired) electrons. The molecule has 0 bridgehead atoms. The molecule has 166 valence electrons. The van der Waals surface area contributed by atoms with Crippen molar-refractivity contribution in [2.24, 2.45) is 0 Å². The fourth-order valence-corrected chi connectivity index (χ4v) is 5.62. The van der Waals surface area contributed by atoms with Gasteiger partial charge in [0.25, 0.3) is 10.0 Å². The number of hydrogen-bond donors (Lipinski definition) is 1. The topological polar surface area (TPSA) is 66.5 Å². The van der Waals surface area contributed by atoms with Gasteiger partial charge in [0.05, 0.1) is 16.6 Å². The van der Waals surface area contributed by atoms with Crippen molar-refractivity contribution in [2.75, 3.05) is 10.8 Å². The highest BCUT2D eigenvalue weighted by Crippen LogP contribution is 2.30. The normalized spacial score (nSPS) is 15.6. The predicted molar refractivity (Wildman–Crippen MR) is 127 cm³/mol. The molecule has 0 spiro atoms. The van der Waals surface area contributed by atoms with E-state index in [1.807, 2.05) is 44.2 Å². The number of hydrogen-bond acceptors (Lipinski definition) is 3. The first-order valence-electron chi connectivity index (χ1n) is 10.9. The van der Waals surface area contributed by atoms with Crippen LogP contribution in [-0.2, 0) is 21.2 Å². The molecular weight excluding hydrogens is 420 g/mol. The fourth-order valence-electron chi connectivity index (χ4n) is 4.19. The van der Waals surface area contributed by atoms with E-state index in [-0.39, 0.29) is 23.4 Å². The Kier molecular flexibility index (Phi) is 6.33. The summed E-state index contributed by atoms with van der Waals surface area (Å²) in [6, 6.07) is 21.7. The molecule has 5 nitrogen and oxygen atoms in total. The van der Waals surface area contributed by atoms with Crippen LogP contribution in [0.1, 0.15) is 41.1 Å². The molecule has 0 heterocycles. The van der Waals surface area contributed by atoms with Crippen LogP contribution >= 0.6 is 0 Å². The first-order chi connectivity index (χ1) is 15.4. The summed E-state index contributed by atoms with van der Waals surface area (Å²) in [5.74, 6) is -0.315. The van der Waals surface area contributed by atoms with Gasteiger partial charge in [-0.05, 0) is 79.6 Å². The minimum absolute atomic E-state index is 0.103. The summed E-state index contributed by atoms with van der Waals surface area (Å²) in [6.07, 6.45) is 2.84. The zero-order chi connectivity index (χ0) is 22.7. The number of carbonyl (C=O) groups excluding carboxylic acids is 1. The predicted octanol–water partition coefficient (Wildman–Crippen LogP) is 4.69. The second-order valence-corrected chi connectivity index (χ2v) is 10.2. The van der Waals surface area contributed by atoms with Crippen molar-refractivity contribution in [2.45, 2.75) is 44.0 Å². The summed E-state index contributed by atoms with van der Waals surface area (Å²) < 4.78 is 28.2. The average molecular weight is 449 g/mol. The van der Waals surface area contributed by atoms with E-state index in [1.165, 1.54) is 9.87 Å². The lowest BCUT2D eigenvalue weighted by Crippen LogP contribution is -2.42. The molecule has 0 saturated heterocycles. The minimum atomic E-state index is -3.91. The molecule has 1 aliphatic rings.